The van der Waals surface area contributed by atoms with E-state index in [4.69, 9.17) is 17.4 Å². The van der Waals surface area contributed by atoms with Crippen LogP contribution in [-0.2, 0) is 6.42 Å². The van der Waals surface area contributed by atoms with Gasteiger partial charge in [0.25, 0.3) is 0 Å². The molecule has 0 aliphatic heterocycles. The fraction of sp³-hybridized carbons (Fsp3) is 0.250. The molecule has 1 aromatic heterocycles. The predicted molar refractivity (Wildman–Crippen MR) is 79.7 cm³/mol. The van der Waals surface area contributed by atoms with Crippen LogP contribution in [0.3, 0.4) is 0 Å². The van der Waals surface area contributed by atoms with Gasteiger partial charge in [0.05, 0.1) is 21.8 Å². The van der Waals surface area contributed by atoms with Crippen LogP contribution in [0, 0.1) is 12.7 Å². The Morgan fingerprint density at radius 2 is 2.32 bits per heavy atom. The molecule has 0 radical (unpaired) electrons. The van der Waals surface area contributed by atoms with Crippen LogP contribution in [0.15, 0.2) is 22.0 Å². The summed E-state index contributed by atoms with van der Waals surface area (Å²) in [4.78, 5) is 4.35. The lowest BCUT2D eigenvalue weighted by Crippen LogP contribution is -2.30. The molecule has 0 fully saturated rings. The molecule has 1 unspecified atom stereocenters. The van der Waals surface area contributed by atoms with Crippen molar-refractivity contribution in [3.8, 4) is 0 Å². The highest BCUT2D eigenvalue weighted by molar-refractivity contribution is 9.10. The molecule has 102 valence electrons. The summed E-state index contributed by atoms with van der Waals surface area (Å²) in [6.07, 6.45) is 0.510. The van der Waals surface area contributed by atoms with Gasteiger partial charge >= 0.3 is 0 Å². The molecule has 19 heavy (non-hydrogen) atoms. The Balaban J connectivity index is 2.29. The lowest BCUT2D eigenvalue weighted by atomic mass is 10.0. The van der Waals surface area contributed by atoms with Crippen LogP contribution in [-0.4, -0.2) is 4.98 Å². The van der Waals surface area contributed by atoms with Gasteiger partial charge in [-0.3, -0.25) is 11.3 Å². The molecule has 2 aromatic rings. The Labute approximate surface area is 128 Å². The average molecular weight is 365 g/mol. The molecule has 2 rings (SSSR count). The van der Waals surface area contributed by atoms with Crippen LogP contribution < -0.4 is 11.3 Å². The number of aryl methyl sites for hydroxylation is 1. The van der Waals surface area contributed by atoms with Crippen molar-refractivity contribution >= 4 is 38.9 Å². The van der Waals surface area contributed by atoms with Crippen LogP contribution in [0.1, 0.15) is 22.3 Å². The monoisotopic (exact) mass is 363 g/mol. The number of thiazole rings is 1. The molecule has 0 spiro atoms. The van der Waals surface area contributed by atoms with Gasteiger partial charge in [0.1, 0.15) is 5.82 Å². The lowest BCUT2D eigenvalue weighted by molar-refractivity contribution is 0.507. The van der Waals surface area contributed by atoms with Crippen molar-refractivity contribution in [1.29, 1.82) is 0 Å². The third-order valence-corrected chi connectivity index (χ3v) is 4.80. The highest BCUT2D eigenvalue weighted by atomic mass is 79.9. The van der Waals surface area contributed by atoms with Crippen LogP contribution in [0.4, 0.5) is 4.39 Å². The quantitative estimate of drug-likeness (QED) is 0.493. The van der Waals surface area contributed by atoms with E-state index in [2.05, 4.69) is 26.3 Å². The fourth-order valence-corrected chi connectivity index (χ4v) is 2.88. The second kappa shape index (κ2) is 6.28. The van der Waals surface area contributed by atoms with Crippen molar-refractivity contribution in [1.82, 2.24) is 10.4 Å². The van der Waals surface area contributed by atoms with Crippen molar-refractivity contribution in [2.24, 2.45) is 5.84 Å². The first-order valence-electron chi connectivity index (χ1n) is 5.53. The number of aromatic nitrogens is 1. The van der Waals surface area contributed by atoms with Gasteiger partial charge < -0.3 is 0 Å². The minimum atomic E-state index is -0.467. The molecule has 3 N–H and O–H groups in total. The Hall–Kier alpha value is -0.530. The third-order valence-electron chi connectivity index (χ3n) is 2.72. The Kier molecular flexibility index (Phi) is 4.92. The number of nitrogens with two attached hydrogens (primary N) is 1. The Morgan fingerprint density at radius 3 is 2.89 bits per heavy atom. The van der Waals surface area contributed by atoms with Gasteiger partial charge in [-0.15, -0.1) is 11.3 Å². The maximum atomic E-state index is 14.1. The minimum Gasteiger partial charge on any atom is -0.271 e. The summed E-state index contributed by atoms with van der Waals surface area (Å²) in [6.45, 7) is 1.93. The molecule has 3 nitrogen and oxygen atoms in total. The highest BCUT2D eigenvalue weighted by Gasteiger charge is 2.19. The molecule has 1 aromatic carbocycles. The second-order valence-electron chi connectivity index (χ2n) is 4.05. The fourth-order valence-electron chi connectivity index (χ4n) is 1.78. The van der Waals surface area contributed by atoms with E-state index < -0.39 is 5.82 Å². The number of hydrogen-bond donors (Lipinski definition) is 2. The smallest absolute Gasteiger partial charge is 0.147 e. The van der Waals surface area contributed by atoms with Crippen molar-refractivity contribution in [3.63, 3.8) is 0 Å². The summed E-state index contributed by atoms with van der Waals surface area (Å²) in [5.74, 6) is 5.05. The maximum Gasteiger partial charge on any atom is 0.147 e. The summed E-state index contributed by atoms with van der Waals surface area (Å²) in [6, 6.07) is 3.00. The summed E-state index contributed by atoms with van der Waals surface area (Å²) in [5, 5.41) is 2.98. The van der Waals surface area contributed by atoms with Gasteiger partial charge in [0, 0.05) is 21.8 Å². The molecule has 1 heterocycles. The topological polar surface area (TPSA) is 50.9 Å². The predicted octanol–water partition coefficient (Wildman–Crippen LogP) is 3.75. The Bertz CT molecular complexity index is 590. The summed E-state index contributed by atoms with van der Waals surface area (Å²) < 4.78 is 14.7. The van der Waals surface area contributed by atoms with Crippen molar-refractivity contribution < 1.29 is 4.39 Å². The van der Waals surface area contributed by atoms with Crippen molar-refractivity contribution in [2.75, 3.05) is 0 Å². The number of rotatable bonds is 4. The van der Waals surface area contributed by atoms with E-state index in [0.717, 1.165) is 10.7 Å². The molecule has 0 bridgehead atoms. The summed E-state index contributed by atoms with van der Waals surface area (Å²) in [5.41, 5.74) is 3.92. The molecule has 0 amide bonds. The second-order valence-corrected chi connectivity index (χ2v) is 6.34. The number of benzene rings is 1. The summed E-state index contributed by atoms with van der Waals surface area (Å²) in [7, 11) is 0. The lowest BCUT2D eigenvalue weighted by Gasteiger charge is -2.17. The van der Waals surface area contributed by atoms with E-state index in [9.17, 15) is 4.39 Å². The minimum absolute atomic E-state index is 0.0622. The maximum absolute atomic E-state index is 14.1. The standard InChI is InChI=1S/C12H12BrClFN3S/c1-6-17-7(5-19-6)4-10(18-16)8-2-3-9(13)11(14)12(8)15/h2-3,5,10,18H,4,16H2,1H3. The first-order valence-corrected chi connectivity index (χ1v) is 7.58. The summed E-state index contributed by atoms with van der Waals surface area (Å²) >= 11 is 10.6. The number of nitrogens with one attached hydrogen (secondary N) is 1. The zero-order valence-electron chi connectivity index (χ0n) is 10.1. The van der Waals surface area contributed by atoms with Crippen molar-refractivity contribution in [2.45, 2.75) is 19.4 Å². The normalized spacial score (nSPS) is 12.7. The van der Waals surface area contributed by atoms with Gasteiger partial charge in [-0.25, -0.2) is 9.37 Å². The number of halogens is 3. The Morgan fingerprint density at radius 1 is 1.58 bits per heavy atom. The van der Waals surface area contributed by atoms with E-state index in [-0.39, 0.29) is 11.1 Å². The van der Waals surface area contributed by atoms with Gasteiger partial charge in [-0.2, -0.15) is 0 Å². The number of nitrogens with zero attached hydrogens (tertiary/aromatic N) is 1. The third kappa shape index (κ3) is 3.32. The molecule has 0 saturated heterocycles. The van der Waals surface area contributed by atoms with E-state index in [1.54, 1.807) is 23.5 Å². The van der Waals surface area contributed by atoms with Crippen LogP contribution in [0.25, 0.3) is 0 Å². The van der Waals surface area contributed by atoms with E-state index in [1.165, 1.54) is 0 Å². The number of hydrogen-bond acceptors (Lipinski definition) is 4. The van der Waals surface area contributed by atoms with E-state index in [0.29, 0.717) is 16.5 Å². The SMILES string of the molecule is Cc1nc(CC(NN)c2ccc(Br)c(Cl)c2F)cs1. The van der Waals surface area contributed by atoms with Crippen molar-refractivity contribution in [3.05, 3.63) is 49.1 Å². The molecular formula is C12H12BrClFN3S. The average Bonchev–Trinajstić information content (AvgIpc) is 2.80. The highest BCUT2D eigenvalue weighted by Crippen LogP contribution is 2.31. The molecule has 0 aliphatic carbocycles. The van der Waals surface area contributed by atoms with Crippen LogP contribution in [0.2, 0.25) is 5.02 Å². The zero-order chi connectivity index (χ0) is 14.0. The van der Waals surface area contributed by atoms with Gasteiger partial charge in [0.15, 0.2) is 0 Å². The zero-order valence-corrected chi connectivity index (χ0v) is 13.2. The van der Waals surface area contributed by atoms with E-state index in [1.807, 2.05) is 12.3 Å². The molecule has 1 atom stereocenters. The van der Waals surface area contributed by atoms with Crippen LogP contribution in [0.5, 0.6) is 0 Å². The molecule has 7 heteroatoms. The largest absolute Gasteiger partial charge is 0.271 e. The number of hydrazine groups is 1. The van der Waals surface area contributed by atoms with E-state index >= 15 is 0 Å². The molecule has 0 saturated carbocycles. The first-order chi connectivity index (χ1) is 9.02. The molecular weight excluding hydrogens is 353 g/mol. The van der Waals surface area contributed by atoms with Gasteiger partial charge in [0.2, 0.25) is 0 Å². The molecule has 0 aliphatic rings. The first kappa shape index (κ1) is 14.9. The van der Waals surface area contributed by atoms with Gasteiger partial charge in [-0.1, -0.05) is 17.7 Å². The van der Waals surface area contributed by atoms with Crippen LogP contribution >= 0.6 is 38.9 Å². The van der Waals surface area contributed by atoms with Gasteiger partial charge in [-0.05, 0) is 28.9 Å².